The van der Waals surface area contributed by atoms with Gasteiger partial charge < -0.3 is 9.57 Å². The number of anilines is 1. The molecule has 1 aliphatic heterocycles. The Morgan fingerprint density at radius 1 is 1.38 bits per heavy atom. The molecular formula is C19H23BrN6O3. The molecule has 4 rings (SSSR count). The zero-order valence-electron chi connectivity index (χ0n) is 16.6. The summed E-state index contributed by atoms with van der Waals surface area (Å²) in [6.07, 6.45) is 8.65. The lowest BCUT2D eigenvalue weighted by Crippen LogP contribution is -2.39. The normalized spacial score (nSPS) is 16.3. The third kappa shape index (κ3) is 4.69. The van der Waals surface area contributed by atoms with E-state index in [1.807, 2.05) is 20.8 Å². The van der Waals surface area contributed by atoms with Crippen molar-refractivity contribution in [2.24, 2.45) is 10.9 Å². The summed E-state index contributed by atoms with van der Waals surface area (Å²) in [5, 5.41) is 5.95. The van der Waals surface area contributed by atoms with Gasteiger partial charge in [-0.05, 0) is 61.5 Å². The molecule has 154 valence electrons. The first-order valence-corrected chi connectivity index (χ1v) is 10.3. The molecule has 0 saturated heterocycles. The Morgan fingerprint density at radius 3 is 2.83 bits per heavy atom. The monoisotopic (exact) mass is 462 g/mol. The van der Waals surface area contributed by atoms with Crippen molar-refractivity contribution in [1.82, 2.24) is 19.7 Å². The second-order valence-corrected chi connectivity index (χ2v) is 8.89. The molecule has 0 N–H and O–H groups in total. The van der Waals surface area contributed by atoms with Crippen molar-refractivity contribution < 1.29 is 14.4 Å². The standard InChI is InChI=1S/C19H23BrN6O3/c1-19(2,3)28-18(27)25(11-13-5-6-13)16-9-15(29-24-8-4-7-21-12-24)23-17-14(20)10-22-26(16)17/h4,7-10,13H,5-6,11-12H2,1-3H3. The molecule has 0 unspecified atom stereocenters. The van der Waals surface area contributed by atoms with Gasteiger partial charge in [-0.25, -0.2) is 4.79 Å². The minimum absolute atomic E-state index is 0.333. The van der Waals surface area contributed by atoms with E-state index in [4.69, 9.17) is 9.57 Å². The molecule has 1 aliphatic carbocycles. The number of allylic oxidation sites excluding steroid dienone is 1. The van der Waals surface area contributed by atoms with Gasteiger partial charge in [0.25, 0.3) is 5.88 Å². The summed E-state index contributed by atoms with van der Waals surface area (Å²) in [5.41, 5.74) is -0.0580. The number of carbonyl (C=O) groups excluding carboxylic acids is 1. The number of hydroxylamine groups is 2. The largest absolute Gasteiger partial charge is 0.443 e. The maximum absolute atomic E-state index is 13.0. The van der Waals surface area contributed by atoms with E-state index in [1.54, 1.807) is 45.2 Å². The fraction of sp³-hybridized carbons (Fsp3) is 0.474. The number of nitrogens with zero attached hydrogens (tertiary/aromatic N) is 6. The summed E-state index contributed by atoms with van der Waals surface area (Å²) < 4.78 is 7.98. The molecule has 2 aliphatic rings. The summed E-state index contributed by atoms with van der Waals surface area (Å²) in [5.74, 6) is 1.33. The summed E-state index contributed by atoms with van der Waals surface area (Å²) in [7, 11) is 0. The van der Waals surface area contributed by atoms with Crippen LogP contribution in [0.25, 0.3) is 5.65 Å². The zero-order chi connectivity index (χ0) is 20.6. The molecule has 0 aromatic carbocycles. The lowest BCUT2D eigenvalue weighted by atomic mass is 10.2. The number of halogens is 1. The van der Waals surface area contributed by atoms with Crippen molar-refractivity contribution in [2.75, 3.05) is 18.1 Å². The Hall–Kier alpha value is -2.62. The lowest BCUT2D eigenvalue weighted by Gasteiger charge is -2.28. The SMILES string of the molecule is CC(C)(C)OC(=O)N(CC1CC1)c1cc(ON2C=CC=NC2)nc2c(Br)cnn12. The highest BCUT2D eigenvalue weighted by Crippen LogP contribution is 2.34. The number of amides is 1. The van der Waals surface area contributed by atoms with Gasteiger partial charge >= 0.3 is 6.09 Å². The highest BCUT2D eigenvalue weighted by atomic mass is 79.9. The third-order valence-corrected chi connectivity index (χ3v) is 4.85. The maximum atomic E-state index is 13.0. The average molecular weight is 463 g/mol. The number of hydrogen-bond donors (Lipinski definition) is 0. The van der Waals surface area contributed by atoms with Gasteiger partial charge in [-0.15, -0.1) is 0 Å². The number of ether oxygens (including phenoxy) is 1. The van der Waals surface area contributed by atoms with Crippen LogP contribution in [0, 0.1) is 5.92 Å². The van der Waals surface area contributed by atoms with Gasteiger partial charge in [0.1, 0.15) is 18.1 Å². The second-order valence-electron chi connectivity index (χ2n) is 8.04. The van der Waals surface area contributed by atoms with Gasteiger partial charge in [-0.3, -0.25) is 9.89 Å². The maximum Gasteiger partial charge on any atom is 0.416 e. The third-order valence-electron chi connectivity index (χ3n) is 4.29. The smallest absolute Gasteiger partial charge is 0.416 e. The molecule has 1 fully saturated rings. The van der Waals surface area contributed by atoms with E-state index in [-0.39, 0.29) is 0 Å². The van der Waals surface area contributed by atoms with Crippen LogP contribution in [0.3, 0.4) is 0 Å². The molecule has 3 heterocycles. The van der Waals surface area contributed by atoms with Crippen LogP contribution in [0.15, 0.2) is 34.0 Å². The van der Waals surface area contributed by atoms with Crippen molar-refractivity contribution in [3.05, 3.63) is 29.0 Å². The van der Waals surface area contributed by atoms with Crippen LogP contribution in [0.5, 0.6) is 5.88 Å². The molecule has 1 saturated carbocycles. The first-order chi connectivity index (χ1) is 13.8. The first kappa shape index (κ1) is 19.7. The number of hydrogen-bond acceptors (Lipinski definition) is 7. The molecule has 29 heavy (non-hydrogen) atoms. The van der Waals surface area contributed by atoms with Gasteiger partial charge in [-0.1, -0.05) is 0 Å². The van der Waals surface area contributed by atoms with Crippen molar-refractivity contribution in [1.29, 1.82) is 0 Å². The van der Waals surface area contributed by atoms with Gasteiger partial charge in [0, 0.05) is 25.0 Å². The Labute approximate surface area is 177 Å². The molecular weight excluding hydrogens is 440 g/mol. The van der Waals surface area contributed by atoms with Gasteiger partial charge in [0.05, 0.1) is 10.7 Å². The number of fused-ring (bicyclic) bond motifs is 1. The summed E-state index contributed by atoms with van der Waals surface area (Å²) in [6.45, 7) is 6.47. The predicted octanol–water partition coefficient (Wildman–Crippen LogP) is 3.79. The van der Waals surface area contributed by atoms with Gasteiger partial charge in [0.2, 0.25) is 0 Å². The number of aliphatic imine (C=N–C) groups is 1. The molecule has 0 bridgehead atoms. The van der Waals surface area contributed by atoms with E-state index in [0.29, 0.717) is 40.9 Å². The Kier molecular flexibility index (Phi) is 5.20. The zero-order valence-corrected chi connectivity index (χ0v) is 18.2. The van der Waals surface area contributed by atoms with E-state index in [9.17, 15) is 4.79 Å². The van der Waals surface area contributed by atoms with Gasteiger partial charge in [0.15, 0.2) is 5.65 Å². The van der Waals surface area contributed by atoms with Crippen molar-refractivity contribution in [2.45, 2.75) is 39.2 Å². The lowest BCUT2D eigenvalue weighted by molar-refractivity contribution is -0.00982. The highest BCUT2D eigenvalue weighted by Gasteiger charge is 2.32. The summed E-state index contributed by atoms with van der Waals surface area (Å²) in [6, 6.07) is 1.70. The van der Waals surface area contributed by atoms with E-state index in [1.165, 1.54) is 0 Å². The van der Waals surface area contributed by atoms with Crippen molar-refractivity contribution in [3.63, 3.8) is 0 Å². The molecule has 9 nitrogen and oxygen atoms in total. The van der Waals surface area contributed by atoms with E-state index < -0.39 is 11.7 Å². The summed E-state index contributed by atoms with van der Waals surface area (Å²) in [4.78, 5) is 29.2. The van der Waals surface area contributed by atoms with Crippen molar-refractivity contribution >= 4 is 39.7 Å². The van der Waals surface area contributed by atoms with E-state index >= 15 is 0 Å². The van der Waals surface area contributed by atoms with Crippen LogP contribution in [0.1, 0.15) is 33.6 Å². The number of carbonyl (C=O) groups is 1. The molecule has 2 aromatic rings. The van der Waals surface area contributed by atoms with Gasteiger partial charge in [-0.2, -0.15) is 19.7 Å². The molecule has 1 amide bonds. The molecule has 0 radical (unpaired) electrons. The average Bonchev–Trinajstić information content (AvgIpc) is 3.41. The molecule has 0 atom stereocenters. The second kappa shape index (κ2) is 7.66. The fourth-order valence-corrected chi connectivity index (χ4v) is 3.17. The van der Waals surface area contributed by atoms with Crippen molar-refractivity contribution in [3.8, 4) is 5.88 Å². The fourth-order valence-electron chi connectivity index (χ4n) is 2.82. The number of rotatable bonds is 5. The summed E-state index contributed by atoms with van der Waals surface area (Å²) >= 11 is 3.47. The van der Waals surface area contributed by atoms with E-state index in [2.05, 4.69) is 31.0 Å². The molecule has 10 heteroatoms. The van der Waals surface area contributed by atoms with Crippen LogP contribution >= 0.6 is 15.9 Å². The minimum Gasteiger partial charge on any atom is -0.443 e. The number of aromatic nitrogens is 3. The van der Waals surface area contributed by atoms with Crippen LogP contribution in [-0.4, -0.2) is 50.8 Å². The van der Waals surface area contributed by atoms with Crippen LogP contribution in [0.2, 0.25) is 0 Å². The Balaban J connectivity index is 1.73. The van der Waals surface area contributed by atoms with Crippen LogP contribution < -0.4 is 9.74 Å². The highest BCUT2D eigenvalue weighted by molar-refractivity contribution is 9.10. The Bertz CT molecular complexity index is 976. The molecule has 2 aromatic heterocycles. The quantitative estimate of drug-likeness (QED) is 0.671. The predicted molar refractivity (Wildman–Crippen MR) is 112 cm³/mol. The minimum atomic E-state index is -0.605. The van der Waals surface area contributed by atoms with Crippen LogP contribution in [0.4, 0.5) is 10.6 Å². The first-order valence-electron chi connectivity index (χ1n) is 9.46. The molecule has 0 spiro atoms. The van der Waals surface area contributed by atoms with Crippen LogP contribution in [-0.2, 0) is 4.74 Å². The topological polar surface area (TPSA) is 84.6 Å². The Morgan fingerprint density at radius 2 is 2.17 bits per heavy atom. The van der Waals surface area contributed by atoms with E-state index in [0.717, 1.165) is 12.8 Å².